The van der Waals surface area contributed by atoms with Crippen molar-refractivity contribution in [1.29, 1.82) is 0 Å². The second-order valence-electron chi connectivity index (χ2n) is 8.29. The van der Waals surface area contributed by atoms with Crippen LogP contribution in [0.3, 0.4) is 0 Å². The van der Waals surface area contributed by atoms with Gasteiger partial charge in [0.1, 0.15) is 32.0 Å². The zero-order chi connectivity index (χ0) is 22.2. The molecule has 2 amide bonds. The van der Waals surface area contributed by atoms with Gasteiger partial charge in [-0.3, -0.25) is 9.59 Å². The van der Waals surface area contributed by atoms with E-state index < -0.39 is 0 Å². The van der Waals surface area contributed by atoms with Crippen LogP contribution in [-0.2, 0) is 16.0 Å². The number of benzene rings is 2. The third-order valence-electron chi connectivity index (χ3n) is 5.88. The first-order chi connectivity index (χ1) is 14.9. The third kappa shape index (κ3) is 7.15. The maximum atomic E-state index is 13.0. The number of anilines is 1. The van der Waals surface area contributed by atoms with E-state index in [1.165, 1.54) is 27.5 Å². The summed E-state index contributed by atoms with van der Waals surface area (Å²) in [6, 6.07) is 14.1. The Labute approximate surface area is 183 Å². The van der Waals surface area contributed by atoms with Crippen molar-refractivity contribution in [1.82, 2.24) is 5.32 Å². The molecule has 0 saturated carbocycles. The van der Waals surface area contributed by atoms with E-state index in [0.717, 1.165) is 38.2 Å². The highest BCUT2D eigenvalue weighted by molar-refractivity contribution is 5.91. The number of aryl methyl sites for hydroxylation is 1. The topological polar surface area (TPSA) is 67.1 Å². The van der Waals surface area contributed by atoms with Crippen LogP contribution >= 0.6 is 0 Å². The Balaban J connectivity index is 1.37. The first-order valence-electron chi connectivity index (χ1n) is 11.0. The minimum Gasteiger partial charge on any atom is -0.345 e. The SMILES string of the molecule is CCc1ccc([C@H](C)NC(=O)C[NH+]2CC[NH+](CC(=O)Nc3ccc(F)cc3)CC2)cc1. The van der Waals surface area contributed by atoms with Gasteiger partial charge in [-0.2, -0.15) is 0 Å². The van der Waals surface area contributed by atoms with E-state index in [0.29, 0.717) is 18.8 Å². The Kier molecular flexibility index (Phi) is 8.14. The molecule has 1 aliphatic rings. The van der Waals surface area contributed by atoms with Gasteiger partial charge in [0.25, 0.3) is 11.8 Å². The van der Waals surface area contributed by atoms with Crippen molar-refractivity contribution in [3.05, 3.63) is 65.5 Å². The summed E-state index contributed by atoms with van der Waals surface area (Å²) in [5.41, 5.74) is 3.01. The van der Waals surface area contributed by atoms with Gasteiger partial charge in [-0.15, -0.1) is 0 Å². The Morgan fingerprint density at radius 3 is 2.00 bits per heavy atom. The lowest BCUT2D eigenvalue weighted by molar-refractivity contribution is -1.00. The number of amides is 2. The van der Waals surface area contributed by atoms with Crippen LogP contribution < -0.4 is 20.4 Å². The van der Waals surface area contributed by atoms with Gasteiger partial charge in [-0.25, -0.2) is 4.39 Å². The molecule has 1 heterocycles. The number of halogens is 1. The van der Waals surface area contributed by atoms with Gasteiger partial charge in [0, 0.05) is 5.69 Å². The fourth-order valence-electron chi connectivity index (χ4n) is 3.92. The second-order valence-corrected chi connectivity index (χ2v) is 8.29. The Morgan fingerprint density at radius 2 is 1.45 bits per heavy atom. The van der Waals surface area contributed by atoms with Crippen molar-refractivity contribution in [3.63, 3.8) is 0 Å². The van der Waals surface area contributed by atoms with Crippen molar-refractivity contribution in [2.24, 2.45) is 0 Å². The average Bonchev–Trinajstić information content (AvgIpc) is 2.76. The minimum atomic E-state index is -0.324. The summed E-state index contributed by atoms with van der Waals surface area (Å²) in [7, 11) is 0. The number of carbonyl (C=O) groups is 2. The zero-order valence-electron chi connectivity index (χ0n) is 18.3. The first kappa shape index (κ1) is 22.9. The number of hydrogen-bond donors (Lipinski definition) is 4. The number of quaternary nitrogens is 2. The molecule has 0 aliphatic carbocycles. The Morgan fingerprint density at radius 1 is 0.903 bits per heavy atom. The van der Waals surface area contributed by atoms with Crippen LogP contribution in [0.2, 0.25) is 0 Å². The highest BCUT2D eigenvalue weighted by Crippen LogP contribution is 2.13. The van der Waals surface area contributed by atoms with E-state index in [4.69, 9.17) is 0 Å². The second kappa shape index (κ2) is 11.0. The molecule has 3 rings (SSSR count). The average molecular weight is 429 g/mol. The Bertz CT molecular complexity index is 862. The van der Waals surface area contributed by atoms with Crippen molar-refractivity contribution in [3.8, 4) is 0 Å². The quantitative estimate of drug-likeness (QED) is 0.478. The van der Waals surface area contributed by atoms with Crippen molar-refractivity contribution < 1.29 is 23.8 Å². The van der Waals surface area contributed by atoms with Crippen LogP contribution in [-0.4, -0.2) is 51.1 Å². The molecule has 7 heteroatoms. The van der Waals surface area contributed by atoms with Gasteiger partial charge in [0.15, 0.2) is 13.1 Å². The van der Waals surface area contributed by atoms with Crippen LogP contribution in [0, 0.1) is 5.82 Å². The molecule has 1 saturated heterocycles. The molecule has 0 aromatic heterocycles. The lowest BCUT2D eigenvalue weighted by atomic mass is 10.1. The summed E-state index contributed by atoms with van der Waals surface area (Å²) in [4.78, 5) is 27.1. The number of nitrogens with one attached hydrogen (secondary N) is 4. The fraction of sp³-hybridized carbons (Fsp3) is 0.417. The van der Waals surface area contributed by atoms with Crippen LogP contribution in [0.15, 0.2) is 48.5 Å². The van der Waals surface area contributed by atoms with Gasteiger partial charge in [-0.1, -0.05) is 31.2 Å². The van der Waals surface area contributed by atoms with Crippen molar-refractivity contribution in [2.75, 3.05) is 44.6 Å². The summed E-state index contributed by atoms with van der Waals surface area (Å²) in [6.07, 6.45) is 1.01. The molecule has 0 bridgehead atoms. The third-order valence-corrected chi connectivity index (χ3v) is 5.88. The van der Waals surface area contributed by atoms with Crippen molar-refractivity contribution in [2.45, 2.75) is 26.3 Å². The maximum absolute atomic E-state index is 13.0. The van der Waals surface area contributed by atoms with E-state index in [1.54, 1.807) is 12.1 Å². The summed E-state index contributed by atoms with van der Waals surface area (Å²) in [5.74, 6) is -0.346. The van der Waals surface area contributed by atoms with E-state index >= 15 is 0 Å². The molecule has 6 nitrogen and oxygen atoms in total. The molecule has 0 unspecified atom stereocenters. The normalized spacial score (nSPS) is 19.5. The number of piperazine rings is 1. The highest BCUT2D eigenvalue weighted by Gasteiger charge is 2.26. The predicted molar refractivity (Wildman–Crippen MR) is 119 cm³/mol. The van der Waals surface area contributed by atoms with Crippen LogP contribution in [0.1, 0.15) is 31.0 Å². The summed E-state index contributed by atoms with van der Waals surface area (Å²) in [6.45, 7) is 8.35. The largest absolute Gasteiger partial charge is 0.345 e. The molecular formula is C24H33FN4O2+2. The summed E-state index contributed by atoms with van der Waals surface area (Å²) in [5, 5.41) is 5.91. The number of carbonyl (C=O) groups excluding carboxylic acids is 2. The van der Waals surface area contributed by atoms with E-state index in [1.807, 2.05) is 6.92 Å². The summed E-state index contributed by atoms with van der Waals surface area (Å²) >= 11 is 0. The lowest BCUT2D eigenvalue weighted by Gasteiger charge is -2.29. The van der Waals surface area contributed by atoms with Gasteiger partial charge in [-0.05, 0) is 48.7 Å². The van der Waals surface area contributed by atoms with Gasteiger partial charge < -0.3 is 20.4 Å². The van der Waals surface area contributed by atoms with Crippen LogP contribution in [0.4, 0.5) is 10.1 Å². The molecule has 4 N–H and O–H groups in total. The van der Waals surface area contributed by atoms with Crippen LogP contribution in [0.25, 0.3) is 0 Å². The standard InChI is InChI=1S/C24H31FN4O2/c1-3-19-4-6-20(7-5-19)18(2)26-23(30)16-28-12-14-29(15-13-28)17-24(31)27-22-10-8-21(25)9-11-22/h4-11,18H,3,12-17H2,1-2H3,(H,26,30)(H,27,31)/p+2/t18-/m0/s1. The molecule has 1 fully saturated rings. The first-order valence-corrected chi connectivity index (χ1v) is 11.0. The van der Waals surface area contributed by atoms with E-state index in [9.17, 15) is 14.0 Å². The lowest BCUT2D eigenvalue weighted by Crippen LogP contribution is -3.28. The molecule has 166 valence electrons. The number of rotatable bonds is 8. The smallest absolute Gasteiger partial charge is 0.279 e. The number of hydrogen-bond acceptors (Lipinski definition) is 2. The summed E-state index contributed by atoms with van der Waals surface area (Å²) < 4.78 is 13.0. The zero-order valence-corrected chi connectivity index (χ0v) is 18.3. The predicted octanol–water partition coefficient (Wildman–Crippen LogP) is -0.0126. The maximum Gasteiger partial charge on any atom is 0.279 e. The Hall–Kier alpha value is -2.77. The van der Waals surface area contributed by atoms with E-state index in [2.05, 4.69) is 41.8 Å². The van der Waals surface area contributed by atoms with E-state index in [-0.39, 0.29) is 23.7 Å². The molecule has 2 aromatic rings. The fourth-order valence-corrected chi connectivity index (χ4v) is 3.92. The monoisotopic (exact) mass is 428 g/mol. The molecule has 0 spiro atoms. The molecule has 0 radical (unpaired) electrons. The molecule has 1 aliphatic heterocycles. The van der Waals surface area contributed by atoms with Crippen molar-refractivity contribution >= 4 is 17.5 Å². The van der Waals surface area contributed by atoms with Gasteiger partial charge >= 0.3 is 0 Å². The molecular weight excluding hydrogens is 395 g/mol. The highest BCUT2D eigenvalue weighted by atomic mass is 19.1. The molecule has 31 heavy (non-hydrogen) atoms. The molecule has 2 aromatic carbocycles. The molecule has 1 atom stereocenters. The van der Waals surface area contributed by atoms with Crippen LogP contribution in [0.5, 0.6) is 0 Å². The van der Waals surface area contributed by atoms with Gasteiger partial charge in [0.2, 0.25) is 0 Å². The van der Waals surface area contributed by atoms with Gasteiger partial charge in [0.05, 0.1) is 6.04 Å². The minimum absolute atomic E-state index is 0.0140.